The number of rotatable bonds is 8. The highest BCUT2D eigenvalue weighted by atomic mass is 19.1. The average molecular weight is 423 g/mol. The summed E-state index contributed by atoms with van der Waals surface area (Å²) in [6.45, 7) is 3.95. The van der Waals surface area contributed by atoms with E-state index >= 15 is 0 Å². The normalized spacial score (nSPS) is 15.4. The van der Waals surface area contributed by atoms with Gasteiger partial charge in [0.2, 0.25) is 5.91 Å². The third-order valence-electron chi connectivity index (χ3n) is 6.31. The molecule has 1 aliphatic rings. The molecule has 5 nitrogen and oxygen atoms in total. The minimum atomic E-state index is -0.180. The Labute approximate surface area is 183 Å². The van der Waals surface area contributed by atoms with Crippen molar-refractivity contribution < 1.29 is 9.18 Å². The number of imidazole rings is 1. The van der Waals surface area contributed by atoms with E-state index in [1.807, 2.05) is 48.3 Å². The van der Waals surface area contributed by atoms with E-state index in [0.29, 0.717) is 18.8 Å². The lowest BCUT2D eigenvalue weighted by Gasteiger charge is -2.34. The third-order valence-corrected chi connectivity index (χ3v) is 6.31. The Morgan fingerprint density at radius 2 is 1.87 bits per heavy atom. The molecule has 2 aromatic carbocycles. The quantitative estimate of drug-likeness (QED) is 0.596. The first-order valence-electron chi connectivity index (χ1n) is 11.2. The van der Waals surface area contributed by atoms with Crippen LogP contribution in [0.2, 0.25) is 0 Å². The third kappa shape index (κ3) is 5.91. The summed E-state index contributed by atoms with van der Waals surface area (Å²) in [5, 5.41) is 0. The highest BCUT2D eigenvalue weighted by Gasteiger charge is 2.22. The van der Waals surface area contributed by atoms with Crippen molar-refractivity contribution in [1.82, 2.24) is 19.8 Å². The Morgan fingerprint density at radius 3 is 2.61 bits per heavy atom. The number of nitrogens with zero attached hydrogens (tertiary/aromatic N) is 3. The number of aryl methyl sites for hydroxylation is 1. The van der Waals surface area contributed by atoms with Gasteiger partial charge in [-0.15, -0.1) is 0 Å². The van der Waals surface area contributed by atoms with E-state index in [0.717, 1.165) is 62.3 Å². The summed E-state index contributed by atoms with van der Waals surface area (Å²) in [7, 11) is 1.92. The first-order valence-corrected chi connectivity index (χ1v) is 11.2. The van der Waals surface area contributed by atoms with Gasteiger partial charge in [0.05, 0.1) is 11.0 Å². The molecule has 0 saturated carbocycles. The molecule has 1 aliphatic heterocycles. The van der Waals surface area contributed by atoms with Gasteiger partial charge >= 0.3 is 0 Å². The number of aromatic nitrogens is 2. The van der Waals surface area contributed by atoms with E-state index < -0.39 is 0 Å². The second kappa shape index (κ2) is 10.1. The number of amides is 1. The van der Waals surface area contributed by atoms with Crippen molar-refractivity contribution in [2.24, 2.45) is 5.92 Å². The number of carbonyl (C=O) groups excluding carboxylic acids is 1. The molecule has 4 rings (SSSR count). The van der Waals surface area contributed by atoms with E-state index in [2.05, 4.69) is 14.9 Å². The van der Waals surface area contributed by atoms with Gasteiger partial charge in [-0.1, -0.05) is 24.3 Å². The van der Waals surface area contributed by atoms with E-state index in [1.165, 1.54) is 17.7 Å². The zero-order chi connectivity index (χ0) is 21.6. The molecule has 6 heteroatoms. The van der Waals surface area contributed by atoms with Crippen LogP contribution in [0.1, 0.15) is 30.7 Å². The van der Waals surface area contributed by atoms with Crippen LogP contribution >= 0.6 is 0 Å². The van der Waals surface area contributed by atoms with Gasteiger partial charge < -0.3 is 14.8 Å². The van der Waals surface area contributed by atoms with Crippen molar-refractivity contribution in [3.8, 4) is 0 Å². The van der Waals surface area contributed by atoms with Crippen LogP contribution in [0.4, 0.5) is 4.39 Å². The second-order valence-corrected chi connectivity index (χ2v) is 8.64. The van der Waals surface area contributed by atoms with Gasteiger partial charge in [-0.05, 0) is 68.1 Å². The van der Waals surface area contributed by atoms with Crippen LogP contribution in [0.25, 0.3) is 11.0 Å². The lowest BCUT2D eigenvalue weighted by atomic mass is 9.96. The smallest absolute Gasteiger partial charge is 0.222 e. The predicted octanol–water partition coefficient (Wildman–Crippen LogP) is 4.05. The first-order chi connectivity index (χ1) is 15.1. The summed E-state index contributed by atoms with van der Waals surface area (Å²) < 4.78 is 13.0. The molecule has 1 amide bonds. The Morgan fingerprint density at radius 1 is 1.13 bits per heavy atom. The van der Waals surface area contributed by atoms with Crippen LogP contribution in [-0.4, -0.2) is 58.9 Å². The molecule has 2 heterocycles. The summed E-state index contributed by atoms with van der Waals surface area (Å²) in [6.07, 6.45) is 4.30. The standard InChI is InChI=1S/C25H31FN4O/c1-29(25(31)11-10-24-27-22-4-2-3-5-23(22)28-24)18-20-13-16-30(17-14-20)15-12-19-6-8-21(26)9-7-19/h2-9,20H,10-18H2,1H3,(H,27,28). The molecule has 1 saturated heterocycles. The lowest BCUT2D eigenvalue weighted by Crippen LogP contribution is -2.40. The largest absolute Gasteiger partial charge is 0.345 e. The molecule has 1 aromatic heterocycles. The van der Waals surface area contributed by atoms with Gasteiger partial charge in [0.25, 0.3) is 0 Å². The van der Waals surface area contributed by atoms with Crippen molar-refractivity contribution in [2.45, 2.75) is 32.1 Å². The van der Waals surface area contributed by atoms with Crippen LogP contribution in [0.5, 0.6) is 0 Å². The molecule has 0 atom stereocenters. The molecule has 31 heavy (non-hydrogen) atoms. The number of hydrogen-bond donors (Lipinski definition) is 1. The highest BCUT2D eigenvalue weighted by molar-refractivity contribution is 5.77. The molecule has 0 radical (unpaired) electrons. The van der Waals surface area contributed by atoms with Crippen LogP contribution < -0.4 is 0 Å². The lowest BCUT2D eigenvalue weighted by molar-refractivity contribution is -0.130. The van der Waals surface area contributed by atoms with Crippen molar-refractivity contribution in [1.29, 1.82) is 0 Å². The fraction of sp³-hybridized carbons (Fsp3) is 0.440. The maximum atomic E-state index is 13.0. The van der Waals surface area contributed by atoms with Crippen molar-refractivity contribution in [2.75, 3.05) is 33.2 Å². The number of benzene rings is 2. The summed E-state index contributed by atoms with van der Waals surface area (Å²) in [4.78, 5) is 24.8. The Hall–Kier alpha value is -2.73. The molecular formula is C25H31FN4O. The monoisotopic (exact) mass is 422 g/mol. The summed E-state index contributed by atoms with van der Waals surface area (Å²) >= 11 is 0. The molecule has 1 N–H and O–H groups in total. The van der Waals surface area contributed by atoms with Gasteiger partial charge in [0, 0.05) is 33.0 Å². The number of hydrogen-bond acceptors (Lipinski definition) is 3. The summed E-state index contributed by atoms with van der Waals surface area (Å²) in [5.74, 6) is 1.43. The van der Waals surface area contributed by atoms with E-state index in [9.17, 15) is 9.18 Å². The number of nitrogens with one attached hydrogen (secondary N) is 1. The molecule has 0 unspecified atom stereocenters. The maximum absolute atomic E-state index is 13.0. The number of piperidine rings is 1. The fourth-order valence-corrected chi connectivity index (χ4v) is 4.36. The molecular weight excluding hydrogens is 391 g/mol. The van der Waals surface area contributed by atoms with E-state index in [-0.39, 0.29) is 11.7 Å². The van der Waals surface area contributed by atoms with Gasteiger partial charge in [-0.3, -0.25) is 4.79 Å². The van der Waals surface area contributed by atoms with Gasteiger partial charge in [0.1, 0.15) is 11.6 Å². The molecule has 3 aromatic rings. The highest BCUT2D eigenvalue weighted by Crippen LogP contribution is 2.19. The Kier molecular flexibility index (Phi) is 6.97. The van der Waals surface area contributed by atoms with Gasteiger partial charge in [0.15, 0.2) is 0 Å². The number of halogens is 1. The number of likely N-dealkylation sites (tertiary alicyclic amines) is 1. The van der Waals surface area contributed by atoms with Crippen LogP contribution in [-0.2, 0) is 17.6 Å². The molecule has 0 bridgehead atoms. The molecule has 0 spiro atoms. The first kappa shape index (κ1) is 21.5. The zero-order valence-corrected chi connectivity index (χ0v) is 18.2. The van der Waals surface area contributed by atoms with E-state index in [4.69, 9.17) is 0 Å². The van der Waals surface area contributed by atoms with Crippen molar-refractivity contribution >= 4 is 16.9 Å². The van der Waals surface area contributed by atoms with Crippen molar-refractivity contribution in [3.05, 3.63) is 65.7 Å². The molecule has 1 fully saturated rings. The minimum Gasteiger partial charge on any atom is -0.345 e. The number of fused-ring (bicyclic) bond motifs is 1. The zero-order valence-electron chi connectivity index (χ0n) is 18.2. The fourth-order valence-electron chi connectivity index (χ4n) is 4.36. The maximum Gasteiger partial charge on any atom is 0.222 e. The van der Waals surface area contributed by atoms with Crippen LogP contribution in [0.3, 0.4) is 0 Å². The SMILES string of the molecule is CN(CC1CCN(CCc2ccc(F)cc2)CC1)C(=O)CCc1nc2ccccc2[nH]1. The molecule has 164 valence electrons. The predicted molar refractivity (Wildman–Crippen MR) is 121 cm³/mol. The van der Waals surface area contributed by atoms with Crippen LogP contribution in [0, 0.1) is 11.7 Å². The minimum absolute atomic E-state index is 0.180. The molecule has 0 aliphatic carbocycles. The summed E-state index contributed by atoms with van der Waals surface area (Å²) in [5.41, 5.74) is 3.15. The number of para-hydroxylation sites is 2. The topological polar surface area (TPSA) is 52.2 Å². The van der Waals surface area contributed by atoms with E-state index in [1.54, 1.807) is 0 Å². The summed E-state index contributed by atoms with van der Waals surface area (Å²) in [6, 6.07) is 14.7. The van der Waals surface area contributed by atoms with Crippen molar-refractivity contribution in [3.63, 3.8) is 0 Å². The average Bonchev–Trinajstić information content (AvgIpc) is 3.21. The Balaban J connectivity index is 1.16. The number of aromatic amines is 1. The number of carbonyl (C=O) groups is 1. The van der Waals surface area contributed by atoms with Gasteiger partial charge in [-0.2, -0.15) is 0 Å². The van der Waals surface area contributed by atoms with Crippen LogP contribution in [0.15, 0.2) is 48.5 Å². The van der Waals surface area contributed by atoms with Gasteiger partial charge in [-0.25, -0.2) is 9.37 Å². The number of H-pyrrole nitrogens is 1. The Bertz CT molecular complexity index is 959. The second-order valence-electron chi connectivity index (χ2n) is 8.64.